The van der Waals surface area contributed by atoms with Gasteiger partial charge < -0.3 is 47.5 Å². The molecule has 3 aromatic rings. The Morgan fingerprint density at radius 2 is 1.68 bits per heavy atom. The largest absolute Gasteiger partial charge is 0.493 e. The van der Waals surface area contributed by atoms with Gasteiger partial charge in [0.05, 0.1) is 11.4 Å². The van der Waals surface area contributed by atoms with E-state index in [0.29, 0.717) is 29.7 Å². The lowest BCUT2D eigenvalue weighted by Crippen LogP contribution is -2.47. The number of aromatic hydroxyl groups is 1. The molecule has 2 aromatic heterocycles. The van der Waals surface area contributed by atoms with Crippen molar-refractivity contribution >= 4 is 52.3 Å². The van der Waals surface area contributed by atoms with Crippen LogP contribution in [0.1, 0.15) is 35.2 Å². The van der Waals surface area contributed by atoms with Gasteiger partial charge in [0, 0.05) is 30.4 Å². The molecule has 16 heteroatoms. The van der Waals surface area contributed by atoms with Crippen molar-refractivity contribution in [1.29, 1.82) is 0 Å². The summed E-state index contributed by atoms with van der Waals surface area (Å²) in [7, 11) is 0. The van der Waals surface area contributed by atoms with Crippen LogP contribution >= 0.6 is 0 Å². The van der Waals surface area contributed by atoms with Gasteiger partial charge in [-0.1, -0.05) is 0 Å². The van der Waals surface area contributed by atoms with Crippen LogP contribution in [-0.4, -0.2) is 83.6 Å². The number of Topliss-reactive ketones (excluding diaryl/α,β-unsaturated/α-hetero) is 1. The molecule has 1 amide bonds. The summed E-state index contributed by atoms with van der Waals surface area (Å²) >= 11 is 0. The van der Waals surface area contributed by atoms with Gasteiger partial charge in [-0.05, 0) is 49.1 Å². The highest BCUT2D eigenvalue weighted by atomic mass is 16.4. The van der Waals surface area contributed by atoms with E-state index in [2.05, 4.69) is 25.6 Å². The number of fused-ring (bicyclic) bond motifs is 1. The Kier molecular flexibility index (Phi) is 9.76. The van der Waals surface area contributed by atoms with Crippen molar-refractivity contribution in [2.75, 3.05) is 17.6 Å². The smallest absolute Gasteiger partial charge is 0.320 e. The number of nitrogen functional groups attached to an aromatic ring is 1. The van der Waals surface area contributed by atoms with Crippen molar-refractivity contribution in [3.05, 3.63) is 41.6 Å². The molecule has 11 N–H and O–H groups in total. The highest BCUT2D eigenvalue weighted by molar-refractivity contribution is 6.04. The normalized spacial score (nSPS) is 13.2. The lowest BCUT2D eigenvalue weighted by Gasteiger charge is -2.22. The number of hydrogen-bond donors (Lipinski definition) is 9. The first-order valence-corrected chi connectivity index (χ1v) is 12.3. The minimum absolute atomic E-state index is 0.0627. The summed E-state index contributed by atoms with van der Waals surface area (Å²) in [6, 6.07) is 2.91. The number of aromatic amines is 1. The highest BCUT2D eigenvalue weighted by Crippen LogP contribution is 2.26. The molecular formula is C25H29N7O9. The van der Waals surface area contributed by atoms with Gasteiger partial charge in [0.1, 0.15) is 17.6 Å². The van der Waals surface area contributed by atoms with Crippen LogP contribution < -0.4 is 22.1 Å². The Labute approximate surface area is 231 Å². The molecular weight excluding hydrogens is 542 g/mol. The Bertz CT molecular complexity index is 1460. The third-order valence-corrected chi connectivity index (χ3v) is 6.23. The predicted molar refractivity (Wildman–Crippen MR) is 143 cm³/mol. The van der Waals surface area contributed by atoms with Crippen LogP contribution in [0.15, 0.2) is 30.5 Å². The molecule has 3 atom stereocenters. The van der Waals surface area contributed by atoms with Crippen LogP contribution in [0.5, 0.6) is 5.88 Å². The van der Waals surface area contributed by atoms with Gasteiger partial charge in [0.15, 0.2) is 5.78 Å². The highest BCUT2D eigenvalue weighted by Gasteiger charge is 2.36. The van der Waals surface area contributed by atoms with Crippen LogP contribution in [0.2, 0.25) is 0 Å². The number of hydrogen-bond acceptors (Lipinski definition) is 11. The fourth-order valence-corrected chi connectivity index (χ4v) is 4.10. The molecule has 0 bridgehead atoms. The Hall–Kier alpha value is -5.25. The average molecular weight is 572 g/mol. The van der Waals surface area contributed by atoms with Crippen LogP contribution in [0.4, 0.5) is 11.6 Å². The Morgan fingerprint density at radius 1 is 1.00 bits per heavy atom. The maximum atomic E-state index is 12.9. The van der Waals surface area contributed by atoms with E-state index in [1.54, 1.807) is 18.3 Å². The summed E-state index contributed by atoms with van der Waals surface area (Å²) in [6.07, 6.45) is 0.465. The zero-order valence-electron chi connectivity index (χ0n) is 21.5. The second-order valence-electron chi connectivity index (χ2n) is 9.13. The molecule has 0 saturated heterocycles. The van der Waals surface area contributed by atoms with Crippen LogP contribution in [-0.2, 0) is 25.6 Å². The summed E-state index contributed by atoms with van der Waals surface area (Å²) in [5.74, 6) is -8.42. The first-order valence-electron chi connectivity index (χ1n) is 12.3. The van der Waals surface area contributed by atoms with E-state index >= 15 is 0 Å². The number of ketones is 1. The Morgan fingerprint density at radius 3 is 2.29 bits per heavy atom. The van der Waals surface area contributed by atoms with Crippen molar-refractivity contribution < 1.29 is 44.4 Å². The third kappa shape index (κ3) is 7.89. The number of anilines is 2. The predicted octanol–water partition coefficient (Wildman–Crippen LogP) is -0.0646. The number of carboxylic acid groups (broad SMARTS) is 3. The zero-order chi connectivity index (χ0) is 30.3. The number of rotatable bonds is 15. The van der Waals surface area contributed by atoms with Crippen molar-refractivity contribution in [2.45, 2.75) is 37.8 Å². The summed E-state index contributed by atoms with van der Waals surface area (Å²) < 4.78 is 0. The minimum atomic E-state index is -1.87. The molecule has 16 nitrogen and oxygen atoms in total. The number of nitrogens with one attached hydrogen (secondary N) is 3. The lowest BCUT2D eigenvalue weighted by molar-refractivity contribution is -0.148. The van der Waals surface area contributed by atoms with Gasteiger partial charge in [0.25, 0.3) is 5.91 Å². The molecule has 0 radical (unpaired) electrons. The van der Waals surface area contributed by atoms with E-state index in [4.69, 9.17) is 21.7 Å². The quantitative estimate of drug-likeness (QED) is 0.108. The second-order valence-corrected chi connectivity index (χ2v) is 9.13. The van der Waals surface area contributed by atoms with Gasteiger partial charge in [-0.2, -0.15) is 9.97 Å². The molecule has 0 aliphatic rings. The summed E-state index contributed by atoms with van der Waals surface area (Å²) in [5, 5.41) is 43.5. The lowest BCUT2D eigenvalue weighted by atomic mass is 9.89. The zero-order valence-corrected chi connectivity index (χ0v) is 21.5. The second kappa shape index (κ2) is 13.2. The molecule has 0 saturated carbocycles. The SMILES string of the molecule is Nc1nc(O)c2c(CCNc3ccc(C(=O)N[C@@H](CCC(=O)O)C(=O)C(C[C@H](N)C(=O)O)C(=O)O)cc3)c[nH]c2n1. The maximum Gasteiger partial charge on any atom is 0.320 e. The first kappa shape index (κ1) is 30.3. The molecule has 0 aliphatic carbocycles. The van der Waals surface area contributed by atoms with Crippen LogP contribution in [0.3, 0.4) is 0 Å². The number of benzene rings is 1. The van der Waals surface area contributed by atoms with Gasteiger partial charge >= 0.3 is 17.9 Å². The van der Waals surface area contributed by atoms with Crippen molar-refractivity contribution in [1.82, 2.24) is 20.3 Å². The molecule has 1 aromatic carbocycles. The molecule has 41 heavy (non-hydrogen) atoms. The molecule has 2 heterocycles. The average Bonchev–Trinajstić information content (AvgIpc) is 3.31. The molecule has 0 fully saturated rings. The fourth-order valence-electron chi connectivity index (χ4n) is 4.10. The minimum Gasteiger partial charge on any atom is -0.493 e. The topological polar surface area (TPSA) is 284 Å². The van der Waals surface area contributed by atoms with Crippen LogP contribution in [0.25, 0.3) is 11.0 Å². The van der Waals surface area contributed by atoms with Gasteiger partial charge in [-0.25, -0.2) is 0 Å². The van der Waals surface area contributed by atoms with E-state index in [-0.39, 0.29) is 17.4 Å². The molecule has 1 unspecified atom stereocenters. The van der Waals surface area contributed by atoms with E-state index in [9.17, 15) is 34.2 Å². The molecule has 3 rings (SSSR count). The maximum absolute atomic E-state index is 12.9. The third-order valence-electron chi connectivity index (χ3n) is 6.23. The number of amides is 1. The van der Waals surface area contributed by atoms with Crippen LogP contribution in [0, 0.1) is 5.92 Å². The van der Waals surface area contributed by atoms with E-state index in [1.165, 1.54) is 12.1 Å². The molecule has 0 spiro atoms. The number of carboxylic acids is 3. The number of nitrogens with zero attached hydrogens (tertiary/aromatic N) is 2. The van der Waals surface area contributed by atoms with Crippen molar-refractivity contribution in [3.63, 3.8) is 0 Å². The monoisotopic (exact) mass is 571 g/mol. The summed E-state index contributed by atoms with van der Waals surface area (Å²) in [5.41, 5.74) is 12.8. The molecule has 218 valence electrons. The number of carbonyl (C=O) groups is 5. The first-order chi connectivity index (χ1) is 19.4. The standard InChI is InChI=1S/C25H29N7O9/c26-15(24(40)41)9-14(23(38)39)19(35)16(5-6-17(33)34)30-21(36)11-1-3-13(4-2-11)28-8-7-12-10-29-20-18(12)22(37)32-25(27)31-20/h1-4,10,14-16,28H,5-9,26H2,(H,30,36)(H,33,34)(H,38,39)(H,40,41)(H4,27,29,31,32,37)/t14?,15-,16-/m0/s1. The molecule has 0 aliphatic heterocycles. The number of nitrogens with two attached hydrogens (primary N) is 2. The summed E-state index contributed by atoms with van der Waals surface area (Å²) in [6.45, 7) is 0.434. The van der Waals surface area contributed by atoms with E-state index < -0.39 is 66.9 Å². The van der Waals surface area contributed by atoms with Gasteiger partial charge in [0.2, 0.25) is 11.8 Å². The van der Waals surface area contributed by atoms with E-state index in [0.717, 1.165) is 5.56 Å². The summed E-state index contributed by atoms with van der Waals surface area (Å²) in [4.78, 5) is 70.3. The number of aromatic nitrogens is 3. The van der Waals surface area contributed by atoms with Gasteiger partial charge in [-0.3, -0.25) is 24.0 Å². The number of H-pyrrole nitrogens is 1. The van der Waals surface area contributed by atoms with E-state index in [1.807, 2.05) is 0 Å². The fraction of sp³-hybridized carbons (Fsp3) is 0.320. The number of aliphatic carboxylic acids is 3. The van der Waals surface area contributed by atoms with Gasteiger partial charge in [-0.15, -0.1) is 0 Å². The number of carbonyl (C=O) groups excluding carboxylic acids is 2. The van der Waals surface area contributed by atoms with Crippen molar-refractivity contribution in [3.8, 4) is 5.88 Å². The van der Waals surface area contributed by atoms with Crippen molar-refractivity contribution in [2.24, 2.45) is 11.7 Å². The Balaban J connectivity index is 1.65.